The molecule has 2 rings (SSSR count). The van der Waals surface area contributed by atoms with Crippen LogP contribution in [0, 0.1) is 21.4 Å². The highest BCUT2D eigenvalue weighted by atomic mass is 16.6. The second-order valence-corrected chi connectivity index (χ2v) is 3.79. The molecule has 1 saturated heterocycles. The second-order valence-electron chi connectivity index (χ2n) is 3.79. The first-order chi connectivity index (χ1) is 8.11. The first kappa shape index (κ1) is 11.3. The fraction of sp³-hybridized carbons (Fsp3) is 0.400. The maximum absolute atomic E-state index is 10.6. The molecule has 0 spiro atoms. The minimum Gasteiger partial charge on any atom is -0.391 e. The molecule has 0 radical (unpaired) electrons. The van der Waals surface area contributed by atoms with Crippen molar-refractivity contribution in [3.8, 4) is 6.07 Å². The summed E-state index contributed by atoms with van der Waals surface area (Å²) in [6, 6.07) is 4.48. The Hall–Kier alpha value is -2.20. The summed E-state index contributed by atoms with van der Waals surface area (Å²) in [5.41, 5.74) is -0.495. The van der Waals surface area contributed by atoms with Crippen molar-refractivity contribution in [3.05, 3.63) is 27.9 Å². The van der Waals surface area contributed by atoms with E-state index >= 15 is 0 Å². The summed E-state index contributed by atoms with van der Waals surface area (Å²) in [6.45, 7) is 1.08. The van der Waals surface area contributed by atoms with Gasteiger partial charge < -0.3 is 10.0 Å². The zero-order valence-corrected chi connectivity index (χ0v) is 8.91. The molecular weight excluding hydrogens is 224 g/mol. The number of pyridine rings is 1. The smallest absolute Gasteiger partial charge is 0.305 e. The standard InChI is InChI=1S/C10H10N4O3/c11-5-8-9(14(16)17)1-2-10(12-8)13-4-3-7(15)6-13/h1-2,7,15H,3-4,6H2/t7-/m1/s1. The Bertz CT molecular complexity index is 497. The van der Waals surface area contributed by atoms with Gasteiger partial charge in [-0.3, -0.25) is 10.1 Å². The van der Waals surface area contributed by atoms with Crippen LogP contribution >= 0.6 is 0 Å². The maximum Gasteiger partial charge on any atom is 0.305 e. The number of hydrogen-bond acceptors (Lipinski definition) is 6. The summed E-state index contributed by atoms with van der Waals surface area (Å²) >= 11 is 0. The Morgan fingerprint density at radius 1 is 1.65 bits per heavy atom. The molecule has 7 nitrogen and oxygen atoms in total. The lowest BCUT2D eigenvalue weighted by Crippen LogP contribution is -2.22. The van der Waals surface area contributed by atoms with Gasteiger partial charge in [-0.15, -0.1) is 0 Å². The average Bonchev–Trinajstić information content (AvgIpc) is 2.75. The molecule has 2 heterocycles. The summed E-state index contributed by atoms with van der Waals surface area (Å²) in [5, 5.41) is 28.8. The molecule has 1 N–H and O–H groups in total. The van der Waals surface area contributed by atoms with Gasteiger partial charge in [-0.25, -0.2) is 4.98 Å². The van der Waals surface area contributed by atoms with E-state index in [0.29, 0.717) is 25.3 Å². The minimum absolute atomic E-state index is 0.200. The number of β-amino-alcohol motifs (C(OH)–C–C–N with tert-alkyl or cyclic N) is 1. The zero-order chi connectivity index (χ0) is 12.4. The molecule has 0 bridgehead atoms. The molecule has 1 aliphatic rings. The third-order valence-electron chi connectivity index (χ3n) is 2.65. The van der Waals surface area contributed by atoms with E-state index < -0.39 is 11.0 Å². The third kappa shape index (κ3) is 2.16. The van der Waals surface area contributed by atoms with E-state index in [2.05, 4.69) is 4.98 Å². The quantitative estimate of drug-likeness (QED) is 0.588. The fourth-order valence-corrected chi connectivity index (χ4v) is 1.80. The van der Waals surface area contributed by atoms with E-state index in [1.54, 1.807) is 11.0 Å². The summed E-state index contributed by atoms with van der Waals surface area (Å²) in [6.07, 6.45) is 0.234. The van der Waals surface area contributed by atoms with Crippen molar-refractivity contribution in [3.63, 3.8) is 0 Å². The normalized spacial score (nSPS) is 19.1. The van der Waals surface area contributed by atoms with Crippen LogP contribution in [0.15, 0.2) is 12.1 Å². The van der Waals surface area contributed by atoms with Crippen LogP contribution in [0.2, 0.25) is 0 Å². The SMILES string of the molecule is N#Cc1nc(N2CC[C@@H](O)C2)ccc1[N+](=O)[O-]. The van der Waals surface area contributed by atoms with Crippen molar-refractivity contribution in [1.29, 1.82) is 5.26 Å². The lowest BCUT2D eigenvalue weighted by atomic mass is 10.3. The predicted molar refractivity (Wildman–Crippen MR) is 58.4 cm³/mol. The van der Waals surface area contributed by atoms with Crippen LogP contribution in [0.3, 0.4) is 0 Å². The summed E-state index contributed by atoms with van der Waals surface area (Å²) in [7, 11) is 0. The zero-order valence-electron chi connectivity index (χ0n) is 8.91. The molecule has 0 amide bonds. The van der Waals surface area contributed by atoms with Crippen LogP contribution < -0.4 is 4.90 Å². The van der Waals surface area contributed by atoms with Gasteiger partial charge in [0.05, 0.1) is 11.0 Å². The van der Waals surface area contributed by atoms with Crippen molar-refractivity contribution >= 4 is 11.5 Å². The van der Waals surface area contributed by atoms with E-state index in [1.807, 2.05) is 0 Å². The summed E-state index contributed by atoms with van der Waals surface area (Å²) in [5.74, 6) is 0.490. The Balaban J connectivity index is 2.32. The van der Waals surface area contributed by atoms with E-state index in [9.17, 15) is 15.2 Å². The Kier molecular flexibility index (Phi) is 2.89. The molecule has 17 heavy (non-hydrogen) atoms. The molecule has 0 aliphatic carbocycles. The monoisotopic (exact) mass is 234 g/mol. The molecule has 0 aromatic carbocycles. The largest absolute Gasteiger partial charge is 0.391 e. The van der Waals surface area contributed by atoms with Crippen molar-refractivity contribution in [2.75, 3.05) is 18.0 Å². The lowest BCUT2D eigenvalue weighted by Gasteiger charge is -2.16. The van der Waals surface area contributed by atoms with E-state index in [-0.39, 0.29) is 11.4 Å². The number of aliphatic hydroxyl groups excluding tert-OH is 1. The highest BCUT2D eigenvalue weighted by Gasteiger charge is 2.23. The molecule has 0 saturated carbocycles. The highest BCUT2D eigenvalue weighted by Crippen LogP contribution is 2.23. The Labute approximate surface area is 97.1 Å². The first-order valence-corrected chi connectivity index (χ1v) is 5.10. The molecule has 88 valence electrons. The van der Waals surface area contributed by atoms with Crippen molar-refractivity contribution < 1.29 is 10.0 Å². The van der Waals surface area contributed by atoms with Gasteiger partial charge in [0.15, 0.2) is 0 Å². The van der Waals surface area contributed by atoms with Gasteiger partial charge in [0.1, 0.15) is 11.9 Å². The second kappa shape index (κ2) is 4.35. The van der Waals surface area contributed by atoms with E-state index in [4.69, 9.17) is 5.26 Å². The van der Waals surface area contributed by atoms with Crippen molar-refractivity contribution in [1.82, 2.24) is 4.98 Å². The molecule has 1 fully saturated rings. The van der Waals surface area contributed by atoms with E-state index in [0.717, 1.165) is 0 Å². The molecule has 1 aromatic rings. The Morgan fingerprint density at radius 3 is 2.94 bits per heavy atom. The number of nitro groups is 1. The topological polar surface area (TPSA) is 103 Å². The van der Waals surface area contributed by atoms with Gasteiger partial charge in [-0.05, 0) is 12.5 Å². The number of anilines is 1. The highest BCUT2D eigenvalue weighted by molar-refractivity contribution is 5.52. The molecule has 1 atom stereocenters. The number of aromatic nitrogens is 1. The maximum atomic E-state index is 10.6. The number of hydrogen-bond donors (Lipinski definition) is 1. The van der Waals surface area contributed by atoms with Gasteiger partial charge in [0.25, 0.3) is 0 Å². The van der Waals surface area contributed by atoms with Crippen LogP contribution in [0.4, 0.5) is 11.5 Å². The van der Waals surface area contributed by atoms with Gasteiger partial charge in [-0.1, -0.05) is 0 Å². The van der Waals surface area contributed by atoms with Crippen LogP contribution in [-0.2, 0) is 0 Å². The number of aliphatic hydroxyl groups is 1. The van der Waals surface area contributed by atoms with Gasteiger partial charge in [0.2, 0.25) is 5.69 Å². The van der Waals surface area contributed by atoms with Gasteiger partial charge in [-0.2, -0.15) is 5.26 Å². The van der Waals surface area contributed by atoms with Gasteiger partial charge in [0, 0.05) is 19.2 Å². The summed E-state index contributed by atoms with van der Waals surface area (Å²) in [4.78, 5) is 15.7. The predicted octanol–water partition coefficient (Wildman–Crippen LogP) is 0.432. The molecule has 7 heteroatoms. The van der Waals surface area contributed by atoms with Gasteiger partial charge >= 0.3 is 5.69 Å². The molecule has 1 aromatic heterocycles. The minimum atomic E-state index is -0.631. The number of nitrogens with zero attached hydrogens (tertiary/aromatic N) is 4. The number of rotatable bonds is 2. The lowest BCUT2D eigenvalue weighted by molar-refractivity contribution is -0.385. The third-order valence-corrected chi connectivity index (χ3v) is 2.65. The van der Waals surface area contributed by atoms with Crippen LogP contribution in [-0.4, -0.2) is 34.2 Å². The molecular formula is C10H10N4O3. The average molecular weight is 234 g/mol. The van der Waals surface area contributed by atoms with Crippen LogP contribution in [0.5, 0.6) is 0 Å². The van der Waals surface area contributed by atoms with Crippen molar-refractivity contribution in [2.24, 2.45) is 0 Å². The molecule has 1 aliphatic heterocycles. The van der Waals surface area contributed by atoms with E-state index in [1.165, 1.54) is 12.1 Å². The van der Waals surface area contributed by atoms with Crippen LogP contribution in [0.1, 0.15) is 12.1 Å². The number of nitriles is 1. The fourth-order valence-electron chi connectivity index (χ4n) is 1.80. The summed E-state index contributed by atoms with van der Waals surface area (Å²) < 4.78 is 0. The molecule has 0 unspecified atom stereocenters. The van der Waals surface area contributed by atoms with Crippen LogP contribution in [0.25, 0.3) is 0 Å². The first-order valence-electron chi connectivity index (χ1n) is 5.10. The van der Waals surface area contributed by atoms with Crippen molar-refractivity contribution in [2.45, 2.75) is 12.5 Å². The Morgan fingerprint density at radius 2 is 2.41 bits per heavy atom.